The first-order valence-corrected chi connectivity index (χ1v) is 8.81. The summed E-state index contributed by atoms with van der Waals surface area (Å²) in [4.78, 5) is 15.9. The molecule has 0 bridgehead atoms. The maximum absolute atomic E-state index is 12.5. The Labute approximate surface area is 150 Å². The van der Waals surface area contributed by atoms with Crippen molar-refractivity contribution in [3.63, 3.8) is 0 Å². The van der Waals surface area contributed by atoms with Gasteiger partial charge in [0.25, 0.3) is 0 Å². The van der Waals surface area contributed by atoms with Gasteiger partial charge in [-0.05, 0) is 31.5 Å². The van der Waals surface area contributed by atoms with Crippen molar-refractivity contribution in [1.29, 1.82) is 0 Å². The lowest BCUT2D eigenvalue weighted by atomic mass is 10.0. The summed E-state index contributed by atoms with van der Waals surface area (Å²) < 4.78 is 20.3. The van der Waals surface area contributed by atoms with Crippen molar-refractivity contribution in [3.8, 4) is 16.9 Å². The lowest BCUT2D eigenvalue weighted by molar-refractivity contribution is -0.119. The molecule has 136 valence electrons. The predicted molar refractivity (Wildman–Crippen MR) is 94.7 cm³/mol. The first-order chi connectivity index (χ1) is 12.5. The number of nitrogens with one attached hydrogen (secondary N) is 1. The Balaban J connectivity index is 1.65. The number of ether oxygens (including phenoxy) is 1. The molecule has 1 amide bonds. The van der Waals surface area contributed by atoms with Gasteiger partial charge >= 0.3 is 0 Å². The van der Waals surface area contributed by atoms with Crippen molar-refractivity contribution in [2.45, 2.75) is 32.9 Å². The number of hydrogen-bond acceptors (Lipinski definition) is 4. The van der Waals surface area contributed by atoms with Crippen LogP contribution < -0.4 is 20.6 Å². The molecule has 0 radical (unpaired) electrons. The molecule has 1 aromatic carbocycles. The first-order valence-electron chi connectivity index (χ1n) is 8.81. The minimum atomic E-state index is -0.450. The number of alkyl halides is 1. The van der Waals surface area contributed by atoms with E-state index < -0.39 is 6.67 Å². The summed E-state index contributed by atoms with van der Waals surface area (Å²) in [5.41, 5.74) is 2.78. The Hall–Kier alpha value is -2.70. The van der Waals surface area contributed by atoms with E-state index in [0.29, 0.717) is 13.0 Å². The number of nitrogens with zero attached hydrogens (tertiary/aromatic N) is 3. The number of halogens is 1. The van der Waals surface area contributed by atoms with Crippen LogP contribution in [0.2, 0.25) is 0 Å². The predicted octanol–water partition coefficient (Wildman–Crippen LogP) is 1.18. The molecule has 2 unspecified atom stereocenters. The maximum atomic E-state index is 12.5. The van der Waals surface area contributed by atoms with Crippen LogP contribution in [-0.2, 0) is 11.3 Å². The summed E-state index contributed by atoms with van der Waals surface area (Å²) in [7, 11) is 0. The van der Waals surface area contributed by atoms with E-state index in [-0.39, 0.29) is 24.5 Å². The van der Waals surface area contributed by atoms with E-state index >= 15 is 0 Å². The number of benzene rings is 1. The molecule has 7 heteroatoms. The standard InChI is InChI=1S/C19H21FN4O2/c1-11-19-16(23-11)5-13(15-9-22-24(10-15)4-3-20)6-17(19)26-12(2)14-7-18(25)21-8-14/h5-6,9-10,12,14H,3-4,7-8H2,1-2H3,(H,21,25). The van der Waals surface area contributed by atoms with Gasteiger partial charge in [0.05, 0.1) is 29.0 Å². The average molecular weight is 356 g/mol. The molecule has 6 nitrogen and oxygen atoms in total. The van der Waals surface area contributed by atoms with E-state index in [0.717, 1.165) is 33.1 Å². The molecule has 0 spiro atoms. The maximum Gasteiger partial charge on any atom is 0.220 e. The molecule has 2 aliphatic rings. The molecule has 26 heavy (non-hydrogen) atoms. The van der Waals surface area contributed by atoms with Crippen molar-refractivity contribution in [2.24, 2.45) is 10.9 Å². The summed E-state index contributed by atoms with van der Waals surface area (Å²) in [6.07, 6.45) is 3.95. The zero-order valence-electron chi connectivity index (χ0n) is 14.8. The normalized spacial score (nSPS) is 19.4. The highest BCUT2D eigenvalue weighted by Crippen LogP contribution is 2.24. The summed E-state index contributed by atoms with van der Waals surface area (Å²) in [6, 6.07) is 3.98. The lowest BCUT2D eigenvalue weighted by Crippen LogP contribution is -2.38. The van der Waals surface area contributed by atoms with Crippen LogP contribution in [0.3, 0.4) is 0 Å². The molecular formula is C19H21FN4O2. The molecule has 4 rings (SSSR count). The fourth-order valence-electron chi connectivity index (χ4n) is 3.47. The molecule has 2 aromatic rings. The first kappa shape index (κ1) is 16.8. The number of hydrogen-bond donors (Lipinski definition) is 1. The van der Waals surface area contributed by atoms with Crippen LogP contribution in [0.25, 0.3) is 16.8 Å². The number of amides is 1. The SMILES string of the molecule is CC1=c2c(OC(C)C3CNC(=O)C3)cc(-c3cnn(CCF)c3)cc2=N1. The van der Waals surface area contributed by atoms with Crippen LogP contribution in [0.5, 0.6) is 5.75 Å². The summed E-state index contributed by atoms with van der Waals surface area (Å²) >= 11 is 0. The molecule has 0 saturated carbocycles. The van der Waals surface area contributed by atoms with Crippen molar-refractivity contribution in [1.82, 2.24) is 15.1 Å². The number of aryl methyl sites for hydroxylation is 1. The zero-order valence-corrected chi connectivity index (χ0v) is 14.8. The second-order valence-corrected chi connectivity index (χ2v) is 6.84. The van der Waals surface area contributed by atoms with Gasteiger partial charge in [-0.1, -0.05) is 0 Å². The topological polar surface area (TPSA) is 68.5 Å². The molecule has 2 atom stereocenters. The summed E-state index contributed by atoms with van der Waals surface area (Å²) in [5.74, 6) is 1.01. The number of carbonyl (C=O) groups is 1. The number of rotatable bonds is 6. The van der Waals surface area contributed by atoms with Gasteiger partial charge in [0, 0.05) is 30.6 Å². The largest absolute Gasteiger partial charge is 0.490 e. The van der Waals surface area contributed by atoms with Gasteiger partial charge in [-0.2, -0.15) is 5.10 Å². The van der Waals surface area contributed by atoms with Crippen LogP contribution >= 0.6 is 0 Å². The Morgan fingerprint density at radius 2 is 2.27 bits per heavy atom. The molecular weight excluding hydrogens is 335 g/mol. The Bertz CT molecular complexity index is 982. The molecule has 2 aliphatic heterocycles. The van der Waals surface area contributed by atoms with Crippen molar-refractivity contribution >= 4 is 11.6 Å². The number of fused-ring (bicyclic) bond motifs is 1. The fourth-order valence-corrected chi connectivity index (χ4v) is 3.47. The fraction of sp³-hybridized carbons (Fsp3) is 0.421. The second kappa shape index (κ2) is 6.55. The average Bonchev–Trinajstić information content (AvgIpc) is 3.23. The quantitative estimate of drug-likeness (QED) is 0.845. The smallest absolute Gasteiger partial charge is 0.220 e. The summed E-state index contributed by atoms with van der Waals surface area (Å²) in [5, 5.41) is 8.95. The van der Waals surface area contributed by atoms with E-state index in [1.54, 1.807) is 10.9 Å². The minimum Gasteiger partial charge on any atom is -0.490 e. The molecule has 1 fully saturated rings. The number of aromatic nitrogens is 2. The van der Waals surface area contributed by atoms with Crippen molar-refractivity contribution < 1.29 is 13.9 Å². The highest BCUT2D eigenvalue weighted by molar-refractivity contribution is 5.78. The van der Waals surface area contributed by atoms with Crippen LogP contribution in [0.1, 0.15) is 20.3 Å². The van der Waals surface area contributed by atoms with Crippen molar-refractivity contribution in [3.05, 3.63) is 35.1 Å². The van der Waals surface area contributed by atoms with Gasteiger partial charge in [-0.15, -0.1) is 0 Å². The van der Waals surface area contributed by atoms with Crippen LogP contribution in [0, 0.1) is 5.92 Å². The third-order valence-corrected chi connectivity index (χ3v) is 5.00. The van der Waals surface area contributed by atoms with Gasteiger partial charge in [-0.3, -0.25) is 14.5 Å². The van der Waals surface area contributed by atoms with Gasteiger partial charge in [0.2, 0.25) is 5.91 Å². The third kappa shape index (κ3) is 2.98. The van der Waals surface area contributed by atoms with Gasteiger partial charge < -0.3 is 10.1 Å². The van der Waals surface area contributed by atoms with E-state index in [1.165, 1.54) is 0 Å². The zero-order chi connectivity index (χ0) is 18.3. The molecule has 1 aromatic heterocycles. The molecule has 3 heterocycles. The monoisotopic (exact) mass is 356 g/mol. The van der Waals surface area contributed by atoms with Crippen LogP contribution in [0.15, 0.2) is 29.5 Å². The van der Waals surface area contributed by atoms with Crippen LogP contribution in [-0.4, -0.2) is 35.0 Å². The van der Waals surface area contributed by atoms with E-state index in [1.807, 2.05) is 32.2 Å². The molecule has 1 saturated heterocycles. The Kier molecular flexibility index (Phi) is 4.22. The molecule has 0 aliphatic carbocycles. The van der Waals surface area contributed by atoms with Crippen LogP contribution in [0.4, 0.5) is 4.39 Å². The van der Waals surface area contributed by atoms with E-state index in [4.69, 9.17) is 4.74 Å². The van der Waals surface area contributed by atoms with E-state index in [2.05, 4.69) is 15.4 Å². The Morgan fingerprint density at radius 1 is 1.42 bits per heavy atom. The van der Waals surface area contributed by atoms with Crippen molar-refractivity contribution in [2.75, 3.05) is 13.2 Å². The second-order valence-electron chi connectivity index (χ2n) is 6.84. The van der Waals surface area contributed by atoms with E-state index in [9.17, 15) is 9.18 Å². The lowest BCUT2D eigenvalue weighted by Gasteiger charge is -2.22. The highest BCUT2D eigenvalue weighted by atomic mass is 19.1. The van der Waals surface area contributed by atoms with Gasteiger partial charge in [-0.25, -0.2) is 4.39 Å². The van der Waals surface area contributed by atoms with Gasteiger partial charge in [0.1, 0.15) is 18.5 Å². The summed E-state index contributed by atoms with van der Waals surface area (Å²) in [6.45, 7) is 4.39. The minimum absolute atomic E-state index is 0.0743. The third-order valence-electron chi connectivity index (χ3n) is 5.00. The molecule has 1 N–H and O–H groups in total. The Morgan fingerprint density at radius 3 is 2.96 bits per heavy atom. The highest BCUT2D eigenvalue weighted by Gasteiger charge is 2.28. The number of carbonyl (C=O) groups excluding carboxylic acids is 1. The van der Waals surface area contributed by atoms with Gasteiger partial charge in [0.15, 0.2) is 0 Å².